The Kier molecular flexibility index (Phi) is 16.1. The predicted octanol–water partition coefficient (Wildman–Crippen LogP) is 6.57. The minimum atomic E-state index is -0.906. The number of β-amino-alcohol motifs (C(OH)–C–C–N with tert-alkyl or cyclic N) is 1. The number of amides is 4. The van der Waals surface area contributed by atoms with E-state index in [0.29, 0.717) is 35.0 Å². The second-order valence-corrected chi connectivity index (χ2v) is 22.7. The Balaban J connectivity index is 0.833. The van der Waals surface area contributed by atoms with E-state index in [1.54, 1.807) is 35.7 Å². The molecule has 4 atom stereocenters. The first kappa shape index (κ1) is 52.4. The number of aliphatic hydroxyl groups excluding tert-OH is 1. The first-order valence-corrected chi connectivity index (χ1v) is 25.5. The first-order valence-electron chi connectivity index (χ1n) is 24.2. The zero-order chi connectivity index (χ0) is 50.7. The highest BCUT2D eigenvalue weighted by atomic mass is 35.5. The van der Waals surface area contributed by atoms with Gasteiger partial charge in [0.15, 0.2) is 0 Å². The normalized spacial score (nSPS) is 22.0. The molecule has 4 heterocycles. The van der Waals surface area contributed by atoms with Crippen molar-refractivity contribution in [2.75, 3.05) is 45.8 Å². The molecule has 4 N–H and O–H groups in total. The van der Waals surface area contributed by atoms with E-state index in [0.717, 1.165) is 59.9 Å². The molecule has 7 rings (SSSR count). The summed E-state index contributed by atoms with van der Waals surface area (Å²) in [5.74, 6) is -0.610. The Bertz CT molecular complexity index is 2550. The summed E-state index contributed by atoms with van der Waals surface area (Å²) in [6.45, 7) is 21.8. The van der Waals surface area contributed by atoms with E-state index in [1.807, 2.05) is 76.5 Å². The topological polar surface area (TPSA) is 193 Å². The molecular formula is C53H68ClN9O6S. The van der Waals surface area contributed by atoms with Crippen molar-refractivity contribution >= 4 is 46.6 Å². The van der Waals surface area contributed by atoms with E-state index in [-0.39, 0.29) is 72.2 Å². The third-order valence-corrected chi connectivity index (χ3v) is 15.6. The van der Waals surface area contributed by atoms with Crippen LogP contribution in [0.3, 0.4) is 0 Å². The van der Waals surface area contributed by atoms with Gasteiger partial charge in [0, 0.05) is 74.0 Å². The molecule has 3 aliphatic rings. The third-order valence-electron chi connectivity index (χ3n) is 14.3. The Morgan fingerprint density at radius 2 is 1.66 bits per heavy atom. The maximum Gasteiger partial charge on any atom is 0.253 e. The number of nitrogens with one attached hydrogen (secondary N) is 3. The van der Waals surface area contributed by atoms with Crippen LogP contribution in [0.4, 0.5) is 0 Å². The zero-order valence-corrected chi connectivity index (χ0v) is 43.4. The molecule has 1 saturated carbocycles. The lowest BCUT2D eigenvalue weighted by Crippen LogP contribution is -2.74. The Morgan fingerprint density at radius 3 is 2.26 bits per heavy atom. The summed E-state index contributed by atoms with van der Waals surface area (Å²) in [6, 6.07) is 16.5. The number of hydrogen-bond donors (Lipinski definition) is 4. The molecule has 15 nitrogen and oxygen atoms in total. The predicted molar refractivity (Wildman–Crippen MR) is 271 cm³/mol. The van der Waals surface area contributed by atoms with E-state index in [9.17, 15) is 29.5 Å². The van der Waals surface area contributed by atoms with Gasteiger partial charge in [-0.1, -0.05) is 84.3 Å². The van der Waals surface area contributed by atoms with Crippen molar-refractivity contribution in [1.82, 2.24) is 40.6 Å². The Hall–Kier alpha value is -5.44. The van der Waals surface area contributed by atoms with Crippen LogP contribution in [0.2, 0.25) is 5.02 Å². The van der Waals surface area contributed by atoms with Crippen molar-refractivity contribution in [2.24, 2.45) is 16.2 Å². The van der Waals surface area contributed by atoms with Gasteiger partial charge < -0.3 is 35.6 Å². The average molecular weight is 995 g/mol. The molecule has 4 aromatic rings. The van der Waals surface area contributed by atoms with Gasteiger partial charge in [-0.2, -0.15) is 5.26 Å². The number of pyridine rings is 1. The molecule has 3 fully saturated rings. The highest BCUT2D eigenvalue weighted by Crippen LogP contribution is 2.55. The van der Waals surface area contributed by atoms with E-state index in [1.165, 1.54) is 4.90 Å². The summed E-state index contributed by atoms with van der Waals surface area (Å²) in [5.41, 5.74) is 5.11. The number of carbonyl (C=O) groups is 4. The maximum atomic E-state index is 14.2. The van der Waals surface area contributed by atoms with Crippen LogP contribution in [-0.2, 0) is 20.8 Å². The van der Waals surface area contributed by atoms with Crippen molar-refractivity contribution in [1.29, 1.82) is 5.26 Å². The van der Waals surface area contributed by atoms with Crippen LogP contribution in [-0.4, -0.2) is 130 Å². The van der Waals surface area contributed by atoms with Gasteiger partial charge in [0.2, 0.25) is 17.7 Å². The van der Waals surface area contributed by atoms with Crippen LogP contribution in [0.1, 0.15) is 107 Å². The number of likely N-dealkylation sites (tertiary alicyclic amines) is 1. The van der Waals surface area contributed by atoms with E-state index in [2.05, 4.69) is 69.5 Å². The molecular weight excluding hydrogens is 926 g/mol. The smallest absolute Gasteiger partial charge is 0.253 e. The molecule has 0 radical (unpaired) electrons. The van der Waals surface area contributed by atoms with Crippen molar-refractivity contribution in [3.8, 4) is 22.3 Å². The molecule has 4 amide bonds. The molecule has 2 aromatic carbocycles. The first-order chi connectivity index (χ1) is 33.1. The lowest BCUT2D eigenvalue weighted by Gasteiger charge is -2.63. The second kappa shape index (κ2) is 21.5. The highest BCUT2D eigenvalue weighted by molar-refractivity contribution is 7.13. The maximum absolute atomic E-state index is 14.2. The molecule has 1 aliphatic carbocycles. The van der Waals surface area contributed by atoms with Gasteiger partial charge in [-0.3, -0.25) is 29.1 Å². The van der Waals surface area contributed by atoms with Gasteiger partial charge in [-0.15, -0.1) is 11.3 Å². The molecule has 2 aliphatic heterocycles. The summed E-state index contributed by atoms with van der Waals surface area (Å²) in [7, 11) is 0. The number of carbonyl (C=O) groups excluding carboxylic acids is 4. The lowest BCUT2D eigenvalue weighted by atomic mass is 9.49. The van der Waals surface area contributed by atoms with Crippen LogP contribution in [0.5, 0.6) is 5.75 Å². The summed E-state index contributed by atoms with van der Waals surface area (Å²) in [5, 5.41) is 29.6. The largest absolute Gasteiger partial charge is 0.489 e. The number of benzene rings is 2. The number of aryl methyl sites for hydroxylation is 2. The monoisotopic (exact) mass is 993 g/mol. The number of halogens is 1. The van der Waals surface area contributed by atoms with Gasteiger partial charge in [0.25, 0.3) is 5.91 Å². The summed E-state index contributed by atoms with van der Waals surface area (Å²) < 4.78 is 6.37. The third kappa shape index (κ3) is 11.8. The van der Waals surface area contributed by atoms with Crippen LogP contribution >= 0.6 is 22.9 Å². The van der Waals surface area contributed by atoms with Crippen LogP contribution < -0.4 is 20.7 Å². The average Bonchev–Trinajstić information content (AvgIpc) is 3.94. The number of nitriles is 1. The molecule has 0 spiro atoms. The molecule has 17 heteroatoms. The molecule has 2 aromatic heterocycles. The van der Waals surface area contributed by atoms with Crippen molar-refractivity contribution < 1.29 is 29.0 Å². The number of aliphatic hydroxyl groups is 1. The number of hydrogen-bond acceptors (Lipinski definition) is 12. The van der Waals surface area contributed by atoms with Gasteiger partial charge in [-0.25, -0.2) is 4.98 Å². The fraction of sp³-hybridized carbons (Fsp3) is 0.528. The summed E-state index contributed by atoms with van der Waals surface area (Å²) >= 11 is 7.83. The number of aromatic nitrogens is 2. The zero-order valence-electron chi connectivity index (χ0n) is 41.8. The minimum Gasteiger partial charge on any atom is -0.489 e. The van der Waals surface area contributed by atoms with E-state index < -0.39 is 23.6 Å². The van der Waals surface area contributed by atoms with Gasteiger partial charge in [0.1, 0.15) is 30.0 Å². The molecule has 0 bridgehead atoms. The van der Waals surface area contributed by atoms with Crippen LogP contribution in [0, 0.1) is 34.5 Å². The number of piperazine rings is 1. The molecule has 70 heavy (non-hydrogen) atoms. The summed E-state index contributed by atoms with van der Waals surface area (Å²) in [6.07, 6.45) is 2.32. The Labute approximate surface area is 421 Å². The Morgan fingerprint density at radius 1 is 0.971 bits per heavy atom. The van der Waals surface area contributed by atoms with Gasteiger partial charge >= 0.3 is 0 Å². The second-order valence-electron chi connectivity index (χ2n) is 21.4. The quantitative estimate of drug-likeness (QED) is 0.0949. The number of ether oxygens (including phenoxy) is 1. The minimum absolute atomic E-state index is 0.00702. The van der Waals surface area contributed by atoms with Crippen molar-refractivity contribution in [3.63, 3.8) is 0 Å². The lowest BCUT2D eigenvalue weighted by molar-refractivity contribution is -0.164. The number of rotatable bonds is 16. The fourth-order valence-electron chi connectivity index (χ4n) is 10.6. The van der Waals surface area contributed by atoms with Crippen LogP contribution in [0.25, 0.3) is 10.4 Å². The standard InChI is InChI=1S/C53H68ClN9O6S/c1-32(34-12-14-35(15-13-34)44-33(2)57-31-70-44)58-47(67)42-25-39(64)29-63(42)48(68)45(51(3,4)5)59-43(65)30-62-23-21-61(22-24-62)20-10-11-38-18-16-37(28-56-38)46(66)60-49-52(6,7)50(53(49,8)9)69-40-19-17-36(27-55)41(54)26-40/h12-19,26,28,31-32,39,42,45,49-50,64H,10-11,20-25,29-30H2,1-9H3,(H,58,67)(H,59,65)(H,60,66)/t32-,39+,42-,45+,49?,50?/m0/s1. The SMILES string of the molecule is Cc1ncsc1-c1ccc([C@H](C)NC(=O)[C@@H]2C[C@@H](O)CN2C(=O)[C@@H](NC(=O)CN2CCN(CCCc3ccc(C(=O)NC4C(C)(C)C(Oc5ccc(C#N)c(Cl)c5)C4(C)C)cn3)CC2)C(C)(C)C)cc1. The van der Waals surface area contributed by atoms with Crippen molar-refractivity contribution in [3.05, 3.63) is 99.4 Å². The number of nitrogens with zero attached hydrogens (tertiary/aromatic N) is 6. The van der Waals surface area contributed by atoms with Crippen molar-refractivity contribution in [2.45, 2.75) is 118 Å². The van der Waals surface area contributed by atoms with Crippen LogP contribution in [0.15, 0.2) is 66.3 Å². The van der Waals surface area contributed by atoms with E-state index in [4.69, 9.17) is 16.3 Å². The molecule has 2 saturated heterocycles. The van der Waals surface area contributed by atoms with Gasteiger partial charge in [-0.05, 0) is 74.0 Å². The van der Waals surface area contributed by atoms with Gasteiger partial charge in [0.05, 0.1) is 50.9 Å². The van der Waals surface area contributed by atoms with E-state index >= 15 is 0 Å². The molecule has 374 valence electrons. The fourth-order valence-corrected chi connectivity index (χ4v) is 11.6. The molecule has 0 unspecified atom stereocenters. The summed E-state index contributed by atoms with van der Waals surface area (Å²) in [4.78, 5) is 70.9. The number of thiazole rings is 1. The highest BCUT2D eigenvalue weighted by Gasteiger charge is 2.64.